The van der Waals surface area contributed by atoms with E-state index in [1.165, 1.54) is 0 Å². The molecule has 0 spiro atoms. The maximum Gasteiger partial charge on any atom is 0.220 e. The van der Waals surface area contributed by atoms with Gasteiger partial charge in [-0.25, -0.2) is 0 Å². The van der Waals surface area contributed by atoms with Gasteiger partial charge in [0.1, 0.15) is 5.75 Å². The lowest BCUT2D eigenvalue weighted by atomic mass is 9.89. The number of pyridine rings is 1. The topological polar surface area (TPSA) is 71.5 Å². The maximum atomic E-state index is 11.6. The van der Waals surface area contributed by atoms with Crippen LogP contribution in [0.3, 0.4) is 0 Å². The molecule has 1 aromatic heterocycles. The van der Waals surface area contributed by atoms with Gasteiger partial charge in [-0.1, -0.05) is 20.8 Å². The third kappa shape index (κ3) is 6.52. The first kappa shape index (κ1) is 16.4. The summed E-state index contributed by atoms with van der Waals surface area (Å²) in [7, 11) is 0. The molecule has 0 aliphatic rings. The van der Waals surface area contributed by atoms with Gasteiger partial charge < -0.3 is 15.2 Å². The molecular formula is C15H24N2O3. The van der Waals surface area contributed by atoms with E-state index in [1.54, 1.807) is 18.5 Å². The van der Waals surface area contributed by atoms with Gasteiger partial charge in [0.2, 0.25) is 5.91 Å². The second-order valence-corrected chi connectivity index (χ2v) is 5.83. The number of aromatic nitrogens is 1. The van der Waals surface area contributed by atoms with E-state index in [1.807, 2.05) is 26.8 Å². The van der Waals surface area contributed by atoms with Gasteiger partial charge in [0.05, 0.1) is 18.9 Å². The molecule has 1 heterocycles. The Morgan fingerprint density at radius 2 is 2.25 bits per heavy atom. The molecule has 5 nitrogen and oxygen atoms in total. The number of carbonyl (C=O) groups is 1. The highest BCUT2D eigenvalue weighted by Crippen LogP contribution is 2.18. The fourth-order valence-corrected chi connectivity index (χ4v) is 1.46. The second kappa shape index (κ2) is 7.85. The smallest absolute Gasteiger partial charge is 0.220 e. The van der Waals surface area contributed by atoms with Gasteiger partial charge in [0.25, 0.3) is 0 Å². The number of carbonyl (C=O) groups excluding carboxylic acids is 1. The van der Waals surface area contributed by atoms with Crippen LogP contribution >= 0.6 is 0 Å². The normalized spacial score (nSPS) is 12.8. The van der Waals surface area contributed by atoms with E-state index in [2.05, 4.69) is 10.3 Å². The minimum atomic E-state index is -0.543. The third-order valence-corrected chi connectivity index (χ3v) is 2.94. The van der Waals surface area contributed by atoms with E-state index in [9.17, 15) is 9.90 Å². The van der Waals surface area contributed by atoms with Crippen molar-refractivity contribution < 1.29 is 14.6 Å². The number of aliphatic hydroxyl groups excluding tert-OH is 1. The van der Waals surface area contributed by atoms with Crippen molar-refractivity contribution in [3.63, 3.8) is 0 Å². The molecule has 5 heteroatoms. The van der Waals surface area contributed by atoms with E-state index in [4.69, 9.17) is 4.74 Å². The molecule has 1 unspecified atom stereocenters. The summed E-state index contributed by atoms with van der Waals surface area (Å²) in [6.45, 7) is 6.56. The Bertz CT molecular complexity index is 401. The highest BCUT2D eigenvalue weighted by molar-refractivity contribution is 5.75. The van der Waals surface area contributed by atoms with Gasteiger partial charge in [-0.3, -0.25) is 9.78 Å². The SMILES string of the molecule is CC(C)(C)C(O)CNC(=O)CCCOc1cccnc1. The minimum Gasteiger partial charge on any atom is -0.492 e. The molecule has 1 amide bonds. The van der Waals surface area contributed by atoms with Crippen LogP contribution in [0.4, 0.5) is 0 Å². The predicted octanol–water partition coefficient (Wildman–Crippen LogP) is 1.76. The molecule has 112 valence electrons. The lowest BCUT2D eigenvalue weighted by molar-refractivity contribution is -0.122. The lowest BCUT2D eigenvalue weighted by Crippen LogP contribution is -2.39. The molecule has 1 rings (SSSR count). The number of ether oxygens (including phenoxy) is 1. The van der Waals surface area contributed by atoms with Crippen molar-refractivity contribution in [3.05, 3.63) is 24.5 Å². The molecule has 0 aliphatic carbocycles. The van der Waals surface area contributed by atoms with Crippen LogP contribution in [0.25, 0.3) is 0 Å². The summed E-state index contributed by atoms with van der Waals surface area (Å²) in [6.07, 6.45) is 3.79. The molecule has 0 bridgehead atoms. The van der Waals surface area contributed by atoms with Crippen molar-refractivity contribution in [2.24, 2.45) is 5.41 Å². The van der Waals surface area contributed by atoms with E-state index < -0.39 is 6.10 Å². The first-order chi connectivity index (χ1) is 9.39. The monoisotopic (exact) mass is 280 g/mol. The zero-order valence-corrected chi connectivity index (χ0v) is 12.4. The summed E-state index contributed by atoms with van der Waals surface area (Å²) in [5.41, 5.74) is -0.225. The Kier molecular flexibility index (Phi) is 6.45. The number of aliphatic hydroxyl groups is 1. The summed E-state index contributed by atoms with van der Waals surface area (Å²) in [6, 6.07) is 3.63. The molecule has 0 saturated heterocycles. The van der Waals surface area contributed by atoms with Crippen LogP contribution in [-0.2, 0) is 4.79 Å². The number of hydrogen-bond donors (Lipinski definition) is 2. The molecule has 0 saturated carbocycles. The van der Waals surface area contributed by atoms with Crippen LogP contribution in [0.5, 0.6) is 5.75 Å². The molecular weight excluding hydrogens is 256 g/mol. The summed E-state index contributed by atoms with van der Waals surface area (Å²) in [5.74, 6) is 0.638. The average molecular weight is 280 g/mol. The van der Waals surface area contributed by atoms with Gasteiger partial charge in [0, 0.05) is 19.2 Å². The van der Waals surface area contributed by atoms with E-state index in [0.29, 0.717) is 25.2 Å². The molecule has 0 fully saturated rings. The quantitative estimate of drug-likeness (QED) is 0.747. The first-order valence-electron chi connectivity index (χ1n) is 6.87. The minimum absolute atomic E-state index is 0.0666. The van der Waals surface area contributed by atoms with Crippen molar-refractivity contribution in [1.29, 1.82) is 0 Å². The number of rotatable bonds is 7. The zero-order chi connectivity index (χ0) is 15.0. The number of hydrogen-bond acceptors (Lipinski definition) is 4. The molecule has 0 aromatic carbocycles. The molecule has 0 aliphatic heterocycles. The van der Waals surface area contributed by atoms with Gasteiger partial charge >= 0.3 is 0 Å². The number of amides is 1. The van der Waals surface area contributed by atoms with Crippen LogP contribution in [0.15, 0.2) is 24.5 Å². The van der Waals surface area contributed by atoms with Crippen molar-refractivity contribution >= 4 is 5.91 Å². The number of nitrogens with zero attached hydrogens (tertiary/aromatic N) is 1. The molecule has 1 atom stereocenters. The van der Waals surface area contributed by atoms with Crippen molar-refractivity contribution in [2.75, 3.05) is 13.2 Å². The standard InChI is InChI=1S/C15H24N2O3/c1-15(2,3)13(18)11-17-14(19)7-5-9-20-12-6-4-8-16-10-12/h4,6,8,10,13,18H,5,7,9,11H2,1-3H3,(H,17,19). The molecule has 1 aromatic rings. The molecule has 2 N–H and O–H groups in total. The van der Waals surface area contributed by atoms with Crippen LogP contribution < -0.4 is 10.1 Å². The van der Waals surface area contributed by atoms with Gasteiger partial charge in [-0.05, 0) is 24.0 Å². The first-order valence-corrected chi connectivity index (χ1v) is 6.87. The molecule has 0 radical (unpaired) electrons. The van der Waals surface area contributed by atoms with Crippen LogP contribution in [0, 0.1) is 5.41 Å². The summed E-state index contributed by atoms with van der Waals surface area (Å²) < 4.78 is 5.44. The molecule has 20 heavy (non-hydrogen) atoms. The van der Waals surface area contributed by atoms with Crippen LogP contribution in [-0.4, -0.2) is 35.3 Å². The van der Waals surface area contributed by atoms with Crippen molar-refractivity contribution in [1.82, 2.24) is 10.3 Å². The highest BCUT2D eigenvalue weighted by Gasteiger charge is 2.22. The Morgan fingerprint density at radius 3 is 2.85 bits per heavy atom. The van der Waals surface area contributed by atoms with Crippen LogP contribution in [0.2, 0.25) is 0 Å². The Balaban J connectivity index is 2.12. The zero-order valence-electron chi connectivity index (χ0n) is 12.4. The third-order valence-electron chi connectivity index (χ3n) is 2.94. The van der Waals surface area contributed by atoms with Crippen molar-refractivity contribution in [2.45, 2.75) is 39.7 Å². The lowest BCUT2D eigenvalue weighted by Gasteiger charge is -2.25. The van der Waals surface area contributed by atoms with E-state index in [-0.39, 0.29) is 17.9 Å². The van der Waals surface area contributed by atoms with Gasteiger partial charge in [-0.15, -0.1) is 0 Å². The average Bonchev–Trinajstić information content (AvgIpc) is 2.41. The summed E-state index contributed by atoms with van der Waals surface area (Å²) in [4.78, 5) is 15.5. The van der Waals surface area contributed by atoms with Gasteiger partial charge in [0.15, 0.2) is 0 Å². The second-order valence-electron chi connectivity index (χ2n) is 5.83. The van der Waals surface area contributed by atoms with Crippen molar-refractivity contribution in [3.8, 4) is 5.75 Å². The number of nitrogens with one attached hydrogen (secondary N) is 1. The highest BCUT2D eigenvalue weighted by atomic mass is 16.5. The fourth-order valence-electron chi connectivity index (χ4n) is 1.46. The van der Waals surface area contributed by atoms with E-state index >= 15 is 0 Å². The van der Waals surface area contributed by atoms with E-state index in [0.717, 1.165) is 0 Å². The fraction of sp³-hybridized carbons (Fsp3) is 0.600. The Labute approximate surface area is 120 Å². The Hall–Kier alpha value is -1.62. The Morgan fingerprint density at radius 1 is 1.50 bits per heavy atom. The van der Waals surface area contributed by atoms with Gasteiger partial charge in [-0.2, -0.15) is 0 Å². The summed E-state index contributed by atoms with van der Waals surface area (Å²) in [5, 5.41) is 12.5. The predicted molar refractivity (Wildman–Crippen MR) is 77.4 cm³/mol. The summed E-state index contributed by atoms with van der Waals surface area (Å²) >= 11 is 0. The maximum absolute atomic E-state index is 11.6. The largest absolute Gasteiger partial charge is 0.492 e. The van der Waals surface area contributed by atoms with Crippen LogP contribution in [0.1, 0.15) is 33.6 Å².